The number of benzene rings is 1. The molecule has 2 N–H and O–H groups in total. The van der Waals surface area contributed by atoms with E-state index in [-0.39, 0.29) is 0 Å². The third-order valence-corrected chi connectivity index (χ3v) is 4.19. The predicted molar refractivity (Wildman–Crippen MR) is 81.2 cm³/mol. The van der Waals surface area contributed by atoms with Crippen molar-refractivity contribution in [2.45, 2.75) is 39.3 Å². The van der Waals surface area contributed by atoms with E-state index in [2.05, 4.69) is 28.5 Å². The molecule has 102 valence electrons. The summed E-state index contributed by atoms with van der Waals surface area (Å²) in [5, 5.41) is 1.27. The number of nitrogen functional groups attached to an aromatic ring is 1. The van der Waals surface area contributed by atoms with Crippen LogP contribution in [0.3, 0.4) is 0 Å². The molecule has 1 aliphatic heterocycles. The molecule has 0 spiro atoms. The third-order valence-electron chi connectivity index (χ3n) is 4.19. The van der Waals surface area contributed by atoms with Crippen LogP contribution >= 0.6 is 0 Å². The fraction of sp³-hybridized carbons (Fsp3) is 0.500. The molecule has 0 aliphatic carbocycles. The second-order valence-corrected chi connectivity index (χ2v) is 5.50. The van der Waals surface area contributed by atoms with Crippen LogP contribution < -0.4 is 5.73 Å². The van der Waals surface area contributed by atoms with Crippen LogP contribution in [0.1, 0.15) is 31.9 Å². The van der Waals surface area contributed by atoms with Gasteiger partial charge in [-0.1, -0.05) is 18.6 Å². The van der Waals surface area contributed by atoms with Gasteiger partial charge in [0.2, 0.25) is 0 Å². The lowest BCUT2D eigenvalue weighted by Gasteiger charge is -2.26. The van der Waals surface area contributed by atoms with Crippen molar-refractivity contribution in [3.05, 3.63) is 30.0 Å². The highest BCUT2D eigenvalue weighted by atomic mass is 15.1. The molecule has 3 rings (SSSR count). The van der Waals surface area contributed by atoms with E-state index in [1.165, 1.54) is 48.9 Å². The molecule has 3 nitrogen and oxygen atoms in total. The fourth-order valence-corrected chi connectivity index (χ4v) is 3.25. The summed E-state index contributed by atoms with van der Waals surface area (Å²) in [5.41, 5.74) is 9.64. The molecule has 2 heterocycles. The lowest BCUT2D eigenvalue weighted by atomic mass is 10.1. The zero-order valence-electron chi connectivity index (χ0n) is 11.7. The Kier molecular flexibility index (Phi) is 3.47. The zero-order valence-corrected chi connectivity index (χ0v) is 11.7. The Balaban J connectivity index is 1.96. The van der Waals surface area contributed by atoms with Crippen LogP contribution in [0.4, 0.5) is 5.69 Å². The molecule has 2 aromatic rings. The minimum Gasteiger partial charge on any atom is -0.397 e. The highest BCUT2D eigenvalue weighted by molar-refractivity contribution is 5.91. The molecule has 0 amide bonds. The Morgan fingerprint density at radius 2 is 1.95 bits per heavy atom. The Labute approximate surface area is 115 Å². The van der Waals surface area contributed by atoms with E-state index in [4.69, 9.17) is 5.73 Å². The first-order chi connectivity index (χ1) is 9.29. The van der Waals surface area contributed by atoms with Crippen molar-refractivity contribution in [2.75, 3.05) is 18.8 Å². The molecule has 1 aromatic carbocycles. The first-order valence-corrected chi connectivity index (χ1v) is 7.38. The van der Waals surface area contributed by atoms with Crippen LogP contribution in [-0.4, -0.2) is 22.6 Å². The van der Waals surface area contributed by atoms with Gasteiger partial charge in [-0.2, -0.15) is 0 Å². The summed E-state index contributed by atoms with van der Waals surface area (Å²) >= 11 is 0. The quantitative estimate of drug-likeness (QED) is 0.857. The van der Waals surface area contributed by atoms with Gasteiger partial charge in [0.15, 0.2) is 0 Å². The van der Waals surface area contributed by atoms with Crippen LogP contribution in [0, 0.1) is 0 Å². The Morgan fingerprint density at radius 1 is 1.16 bits per heavy atom. The van der Waals surface area contributed by atoms with Crippen molar-refractivity contribution in [2.24, 2.45) is 0 Å². The van der Waals surface area contributed by atoms with Crippen LogP contribution in [0.15, 0.2) is 24.3 Å². The molecule has 0 bridgehead atoms. The first-order valence-electron chi connectivity index (χ1n) is 7.38. The van der Waals surface area contributed by atoms with E-state index in [9.17, 15) is 0 Å². The maximum atomic E-state index is 6.14. The van der Waals surface area contributed by atoms with Gasteiger partial charge >= 0.3 is 0 Å². The van der Waals surface area contributed by atoms with Crippen molar-refractivity contribution in [1.82, 2.24) is 9.47 Å². The van der Waals surface area contributed by atoms with E-state index < -0.39 is 0 Å². The molecule has 0 saturated carbocycles. The van der Waals surface area contributed by atoms with E-state index in [1.54, 1.807) is 0 Å². The molecule has 19 heavy (non-hydrogen) atoms. The molecule has 1 saturated heterocycles. The number of aromatic nitrogens is 1. The van der Waals surface area contributed by atoms with Gasteiger partial charge in [-0.15, -0.1) is 0 Å². The summed E-state index contributed by atoms with van der Waals surface area (Å²) in [7, 11) is 0. The SMILES string of the molecule is CCn1c(CN2CCCCC2)cc2cccc(N)c21. The molecular weight excluding hydrogens is 234 g/mol. The second kappa shape index (κ2) is 5.25. The van der Waals surface area contributed by atoms with E-state index in [1.807, 2.05) is 12.1 Å². The van der Waals surface area contributed by atoms with Crippen molar-refractivity contribution < 1.29 is 0 Å². The molecule has 1 aromatic heterocycles. The Bertz CT molecular complexity index is 565. The topological polar surface area (TPSA) is 34.2 Å². The smallest absolute Gasteiger partial charge is 0.0716 e. The molecular formula is C16H23N3. The van der Waals surface area contributed by atoms with Gasteiger partial charge in [-0.3, -0.25) is 4.90 Å². The summed E-state index contributed by atoms with van der Waals surface area (Å²) < 4.78 is 2.37. The zero-order chi connectivity index (χ0) is 13.2. The lowest BCUT2D eigenvalue weighted by molar-refractivity contribution is 0.216. The standard InChI is InChI=1S/C16H23N3/c1-2-19-14(12-18-9-4-3-5-10-18)11-13-7-6-8-15(17)16(13)19/h6-8,11H,2-5,9-10,12,17H2,1H3. The summed E-state index contributed by atoms with van der Waals surface area (Å²) in [6.07, 6.45) is 4.07. The third kappa shape index (κ3) is 2.35. The monoisotopic (exact) mass is 257 g/mol. The van der Waals surface area contributed by atoms with Crippen LogP contribution in [0.2, 0.25) is 0 Å². The number of para-hydroxylation sites is 1. The fourth-order valence-electron chi connectivity index (χ4n) is 3.25. The average molecular weight is 257 g/mol. The van der Waals surface area contributed by atoms with Gasteiger partial charge in [0.1, 0.15) is 0 Å². The van der Waals surface area contributed by atoms with Crippen molar-refractivity contribution >= 4 is 16.6 Å². The number of anilines is 1. The number of piperidine rings is 1. The minimum absolute atomic E-state index is 0.893. The van der Waals surface area contributed by atoms with E-state index in [0.717, 1.165) is 18.8 Å². The number of hydrogen-bond acceptors (Lipinski definition) is 2. The van der Waals surface area contributed by atoms with E-state index >= 15 is 0 Å². The molecule has 1 fully saturated rings. The number of hydrogen-bond donors (Lipinski definition) is 1. The van der Waals surface area contributed by atoms with Crippen LogP contribution in [-0.2, 0) is 13.1 Å². The first kappa shape index (κ1) is 12.5. The molecule has 0 unspecified atom stereocenters. The van der Waals surface area contributed by atoms with Crippen molar-refractivity contribution in [3.63, 3.8) is 0 Å². The highest BCUT2D eigenvalue weighted by Gasteiger charge is 2.15. The summed E-state index contributed by atoms with van der Waals surface area (Å²) in [6, 6.07) is 8.52. The molecule has 3 heteroatoms. The summed E-state index contributed by atoms with van der Waals surface area (Å²) in [6.45, 7) is 6.72. The van der Waals surface area contributed by atoms with Crippen LogP contribution in [0.5, 0.6) is 0 Å². The number of likely N-dealkylation sites (tertiary alicyclic amines) is 1. The Morgan fingerprint density at radius 3 is 2.68 bits per heavy atom. The van der Waals surface area contributed by atoms with Crippen molar-refractivity contribution in [3.8, 4) is 0 Å². The number of rotatable bonds is 3. The molecule has 0 radical (unpaired) electrons. The van der Waals surface area contributed by atoms with Gasteiger partial charge in [-0.05, 0) is 45.0 Å². The van der Waals surface area contributed by atoms with Crippen LogP contribution in [0.25, 0.3) is 10.9 Å². The normalized spacial score (nSPS) is 17.1. The lowest BCUT2D eigenvalue weighted by Crippen LogP contribution is -2.30. The number of aryl methyl sites for hydroxylation is 1. The average Bonchev–Trinajstić information content (AvgIpc) is 2.78. The van der Waals surface area contributed by atoms with Gasteiger partial charge in [0.05, 0.1) is 11.2 Å². The maximum Gasteiger partial charge on any atom is 0.0716 e. The Hall–Kier alpha value is -1.48. The van der Waals surface area contributed by atoms with Crippen molar-refractivity contribution in [1.29, 1.82) is 0 Å². The number of nitrogens with zero attached hydrogens (tertiary/aromatic N) is 2. The summed E-state index contributed by atoms with van der Waals surface area (Å²) in [5.74, 6) is 0. The molecule has 0 atom stereocenters. The largest absolute Gasteiger partial charge is 0.397 e. The maximum absolute atomic E-state index is 6.14. The minimum atomic E-state index is 0.893. The summed E-state index contributed by atoms with van der Waals surface area (Å²) in [4.78, 5) is 2.57. The van der Waals surface area contributed by atoms with Gasteiger partial charge < -0.3 is 10.3 Å². The number of nitrogens with two attached hydrogens (primary N) is 1. The second-order valence-electron chi connectivity index (χ2n) is 5.50. The number of fused-ring (bicyclic) bond motifs is 1. The molecule has 1 aliphatic rings. The van der Waals surface area contributed by atoms with Gasteiger partial charge in [0.25, 0.3) is 0 Å². The van der Waals surface area contributed by atoms with Gasteiger partial charge in [-0.25, -0.2) is 0 Å². The predicted octanol–water partition coefficient (Wildman–Crippen LogP) is 3.23. The highest BCUT2D eigenvalue weighted by Crippen LogP contribution is 2.26. The van der Waals surface area contributed by atoms with E-state index in [0.29, 0.717) is 0 Å². The van der Waals surface area contributed by atoms with Gasteiger partial charge in [0, 0.05) is 24.2 Å².